The van der Waals surface area contributed by atoms with Crippen LogP contribution < -0.4 is 4.90 Å². The predicted molar refractivity (Wildman–Crippen MR) is 90.1 cm³/mol. The maximum absolute atomic E-state index is 4.40. The molecule has 1 fully saturated rings. The Morgan fingerprint density at radius 2 is 1.86 bits per heavy atom. The molecule has 2 aromatic rings. The summed E-state index contributed by atoms with van der Waals surface area (Å²) in [6.45, 7) is 3.02. The van der Waals surface area contributed by atoms with Gasteiger partial charge in [0.1, 0.15) is 0 Å². The topological polar surface area (TPSA) is 32.3 Å². The van der Waals surface area contributed by atoms with Crippen LogP contribution in [0, 0.1) is 6.92 Å². The first-order valence-corrected chi connectivity index (χ1v) is 7.92. The van der Waals surface area contributed by atoms with Crippen molar-refractivity contribution in [3.8, 4) is 0 Å². The summed E-state index contributed by atoms with van der Waals surface area (Å²) in [4.78, 5) is 4.76. The zero-order valence-electron chi connectivity index (χ0n) is 13.6. The molecule has 0 spiro atoms. The van der Waals surface area contributed by atoms with Crippen LogP contribution in [0.4, 0.5) is 5.82 Å². The minimum absolute atomic E-state index is 0.439. The second kappa shape index (κ2) is 6.44. The number of rotatable bonds is 4. The third-order valence-corrected chi connectivity index (χ3v) is 4.54. The van der Waals surface area contributed by atoms with Crippen LogP contribution in [-0.4, -0.2) is 47.8 Å². The maximum atomic E-state index is 4.40. The molecule has 22 heavy (non-hydrogen) atoms. The Hall–Kier alpha value is -1.94. The number of hydrogen-bond acceptors (Lipinski definition) is 4. The zero-order valence-corrected chi connectivity index (χ0v) is 13.6. The Balaban J connectivity index is 1.86. The van der Waals surface area contributed by atoms with Crippen molar-refractivity contribution in [1.29, 1.82) is 0 Å². The Morgan fingerprint density at radius 3 is 2.50 bits per heavy atom. The summed E-state index contributed by atoms with van der Waals surface area (Å²) in [5.74, 6) is 0.996. The van der Waals surface area contributed by atoms with Crippen LogP contribution in [-0.2, 0) is 6.42 Å². The highest BCUT2D eigenvalue weighted by Crippen LogP contribution is 2.28. The monoisotopic (exact) mass is 296 g/mol. The quantitative estimate of drug-likeness (QED) is 0.868. The molecule has 0 aliphatic carbocycles. The van der Waals surface area contributed by atoms with Gasteiger partial charge in [0.15, 0.2) is 5.82 Å². The number of likely N-dealkylation sites (N-methyl/N-ethyl adjacent to an activating group) is 1. The minimum atomic E-state index is 0.439. The largest absolute Gasteiger partial charge is 0.350 e. The van der Waals surface area contributed by atoms with Gasteiger partial charge in [-0.05, 0) is 51.6 Å². The Labute approximate surface area is 132 Å². The van der Waals surface area contributed by atoms with E-state index in [0.717, 1.165) is 24.5 Å². The highest BCUT2D eigenvalue weighted by molar-refractivity contribution is 5.42. The lowest BCUT2D eigenvalue weighted by Crippen LogP contribution is -2.43. The Bertz CT molecular complexity index is 594. The second-order valence-corrected chi connectivity index (χ2v) is 6.30. The lowest BCUT2D eigenvalue weighted by Gasteiger charge is -2.32. The molecule has 0 saturated carbocycles. The van der Waals surface area contributed by atoms with E-state index in [1.165, 1.54) is 12.0 Å². The van der Waals surface area contributed by atoms with Gasteiger partial charge >= 0.3 is 0 Å². The van der Waals surface area contributed by atoms with E-state index in [0.29, 0.717) is 12.1 Å². The van der Waals surface area contributed by atoms with Crippen molar-refractivity contribution >= 4 is 5.82 Å². The van der Waals surface area contributed by atoms with Gasteiger partial charge in [-0.1, -0.05) is 30.3 Å². The molecule has 1 aromatic heterocycles. The molecule has 3 rings (SSSR count). The van der Waals surface area contributed by atoms with Crippen LogP contribution in [0.25, 0.3) is 0 Å². The van der Waals surface area contributed by atoms with Crippen LogP contribution in [0.1, 0.15) is 17.7 Å². The third-order valence-electron chi connectivity index (χ3n) is 4.54. The summed E-state index contributed by atoms with van der Waals surface area (Å²) in [6, 6.07) is 15.9. The van der Waals surface area contributed by atoms with Gasteiger partial charge in [-0.2, -0.15) is 5.10 Å². The van der Waals surface area contributed by atoms with Crippen molar-refractivity contribution in [3.05, 3.63) is 53.7 Å². The van der Waals surface area contributed by atoms with Gasteiger partial charge in [-0.15, -0.1) is 5.10 Å². The minimum Gasteiger partial charge on any atom is -0.350 e. The predicted octanol–water partition coefficient (Wildman–Crippen LogP) is 2.54. The second-order valence-electron chi connectivity index (χ2n) is 6.30. The van der Waals surface area contributed by atoms with E-state index in [4.69, 9.17) is 0 Å². The van der Waals surface area contributed by atoms with E-state index < -0.39 is 0 Å². The van der Waals surface area contributed by atoms with Crippen LogP contribution in [0.15, 0.2) is 42.5 Å². The van der Waals surface area contributed by atoms with Gasteiger partial charge in [0.05, 0.1) is 11.7 Å². The normalized spacial score (nSPS) is 21.5. The van der Waals surface area contributed by atoms with E-state index in [9.17, 15) is 0 Å². The number of hydrogen-bond donors (Lipinski definition) is 0. The number of benzene rings is 1. The van der Waals surface area contributed by atoms with Crippen molar-refractivity contribution in [2.24, 2.45) is 0 Å². The molecule has 0 bridgehead atoms. The average Bonchev–Trinajstić information content (AvgIpc) is 2.93. The van der Waals surface area contributed by atoms with E-state index in [-0.39, 0.29) is 0 Å². The summed E-state index contributed by atoms with van der Waals surface area (Å²) in [7, 11) is 4.35. The van der Waals surface area contributed by atoms with Crippen molar-refractivity contribution in [2.45, 2.75) is 31.8 Å². The van der Waals surface area contributed by atoms with Crippen molar-refractivity contribution < 1.29 is 0 Å². The van der Waals surface area contributed by atoms with Gasteiger partial charge < -0.3 is 9.80 Å². The molecule has 116 valence electrons. The molecule has 1 saturated heterocycles. The number of anilines is 1. The molecule has 1 aliphatic heterocycles. The standard InChI is InChI=1S/C18H24N4/c1-14-9-10-18(20-19-14)22-12-11-16(21(2)3)17(22)13-15-7-5-4-6-8-15/h4-10,16-17H,11-13H2,1-3H3/t16-,17+/m1/s1. The summed E-state index contributed by atoms with van der Waals surface area (Å²) in [6.07, 6.45) is 2.21. The lowest BCUT2D eigenvalue weighted by atomic mass is 9.99. The first-order valence-electron chi connectivity index (χ1n) is 7.92. The van der Waals surface area contributed by atoms with Crippen molar-refractivity contribution in [3.63, 3.8) is 0 Å². The first-order chi connectivity index (χ1) is 10.6. The van der Waals surface area contributed by atoms with Crippen LogP contribution >= 0.6 is 0 Å². The number of nitrogens with zero attached hydrogens (tertiary/aromatic N) is 4. The highest BCUT2D eigenvalue weighted by Gasteiger charge is 2.36. The zero-order chi connectivity index (χ0) is 15.5. The van der Waals surface area contributed by atoms with E-state index in [1.54, 1.807) is 0 Å². The maximum Gasteiger partial charge on any atom is 0.151 e. The molecular weight excluding hydrogens is 272 g/mol. The SMILES string of the molecule is Cc1ccc(N2CC[C@@H](N(C)C)[C@@H]2Cc2ccccc2)nn1. The van der Waals surface area contributed by atoms with Crippen molar-refractivity contribution in [1.82, 2.24) is 15.1 Å². The van der Waals surface area contributed by atoms with E-state index in [2.05, 4.69) is 70.5 Å². The summed E-state index contributed by atoms with van der Waals surface area (Å²) < 4.78 is 0. The molecular formula is C18H24N4. The average molecular weight is 296 g/mol. The van der Waals surface area contributed by atoms with Gasteiger partial charge in [-0.25, -0.2) is 0 Å². The molecule has 0 unspecified atom stereocenters. The fourth-order valence-corrected chi connectivity index (χ4v) is 3.37. The molecule has 0 amide bonds. The Morgan fingerprint density at radius 1 is 1.09 bits per heavy atom. The fourth-order valence-electron chi connectivity index (χ4n) is 3.37. The van der Waals surface area contributed by atoms with Gasteiger partial charge in [0, 0.05) is 12.6 Å². The molecule has 2 heterocycles. The van der Waals surface area contributed by atoms with E-state index >= 15 is 0 Å². The Kier molecular flexibility index (Phi) is 4.39. The first kappa shape index (κ1) is 15.0. The van der Waals surface area contributed by atoms with Gasteiger partial charge in [-0.3, -0.25) is 0 Å². The molecule has 0 N–H and O–H groups in total. The summed E-state index contributed by atoms with van der Waals surface area (Å²) in [5, 5.41) is 8.63. The van der Waals surface area contributed by atoms with Crippen LogP contribution in [0.2, 0.25) is 0 Å². The molecule has 4 heteroatoms. The number of aromatic nitrogens is 2. The number of aryl methyl sites for hydroxylation is 1. The third kappa shape index (κ3) is 3.12. The summed E-state index contributed by atoms with van der Waals surface area (Å²) in [5.41, 5.74) is 2.35. The van der Waals surface area contributed by atoms with Gasteiger partial charge in [0.2, 0.25) is 0 Å². The van der Waals surface area contributed by atoms with Crippen LogP contribution in [0.3, 0.4) is 0 Å². The molecule has 4 nitrogen and oxygen atoms in total. The fraction of sp³-hybridized carbons (Fsp3) is 0.444. The van der Waals surface area contributed by atoms with Crippen LogP contribution in [0.5, 0.6) is 0 Å². The van der Waals surface area contributed by atoms with E-state index in [1.807, 2.05) is 13.0 Å². The summed E-state index contributed by atoms with van der Waals surface area (Å²) >= 11 is 0. The van der Waals surface area contributed by atoms with Crippen molar-refractivity contribution in [2.75, 3.05) is 25.5 Å². The molecule has 2 atom stereocenters. The highest BCUT2D eigenvalue weighted by atomic mass is 15.3. The molecule has 1 aromatic carbocycles. The smallest absolute Gasteiger partial charge is 0.151 e. The van der Waals surface area contributed by atoms with Gasteiger partial charge in [0.25, 0.3) is 0 Å². The molecule has 1 aliphatic rings. The molecule has 0 radical (unpaired) electrons. The lowest BCUT2D eigenvalue weighted by molar-refractivity contribution is 0.274.